The molecule has 0 fully saturated rings. The number of hydrogen-bond donors (Lipinski definition) is 0. The second-order valence-corrected chi connectivity index (χ2v) is 5.32. The van der Waals surface area contributed by atoms with Crippen molar-refractivity contribution >= 4 is 0 Å². The smallest absolute Gasteiger partial charge is 0.0253 e. The van der Waals surface area contributed by atoms with E-state index in [1.165, 1.54) is 36.0 Å². The standard InChI is InChI=1S/C18H22/c1-15-8-11-17(12-9-15)13-10-16(2)14-18-6-4-3-5-7-18/h3-9,11-12,16H,10,13-14H2,1-2H3. The number of aryl methyl sites for hydroxylation is 2. The van der Waals surface area contributed by atoms with Crippen LogP contribution in [0.3, 0.4) is 0 Å². The van der Waals surface area contributed by atoms with Gasteiger partial charge < -0.3 is 0 Å². The van der Waals surface area contributed by atoms with Crippen molar-refractivity contribution in [2.45, 2.75) is 33.1 Å². The van der Waals surface area contributed by atoms with Crippen LogP contribution in [0.15, 0.2) is 54.6 Å². The van der Waals surface area contributed by atoms with Gasteiger partial charge in [-0.1, -0.05) is 67.1 Å². The van der Waals surface area contributed by atoms with Crippen LogP contribution in [0.25, 0.3) is 0 Å². The Hall–Kier alpha value is -1.56. The molecule has 2 rings (SSSR count). The highest BCUT2D eigenvalue weighted by Crippen LogP contribution is 2.15. The minimum Gasteiger partial charge on any atom is -0.0622 e. The molecule has 0 spiro atoms. The first-order valence-corrected chi connectivity index (χ1v) is 6.83. The molecule has 0 saturated heterocycles. The Morgan fingerprint density at radius 2 is 1.50 bits per heavy atom. The van der Waals surface area contributed by atoms with E-state index >= 15 is 0 Å². The third-order valence-electron chi connectivity index (χ3n) is 3.47. The summed E-state index contributed by atoms with van der Waals surface area (Å²) in [5, 5.41) is 0. The van der Waals surface area contributed by atoms with E-state index in [-0.39, 0.29) is 0 Å². The molecule has 0 aromatic heterocycles. The fourth-order valence-electron chi connectivity index (χ4n) is 2.29. The van der Waals surface area contributed by atoms with Gasteiger partial charge in [0.05, 0.1) is 0 Å². The molecule has 0 nitrogen and oxygen atoms in total. The van der Waals surface area contributed by atoms with Crippen molar-refractivity contribution in [2.24, 2.45) is 5.92 Å². The van der Waals surface area contributed by atoms with Crippen molar-refractivity contribution in [2.75, 3.05) is 0 Å². The Morgan fingerprint density at radius 3 is 2.17 bits per heavy atom. The van der Waals surface area contributed by atoms with E-state index in [0.717, 1.165) is 5.92 Å². The minimum absolute atomic E-state index is 0.744. The van der Waals surface area contributed by atoms with Gasteiger partial charge in [-0.15, -0.1) is 0 Å². The summed E-state index contributed by atoms with van der Waals surface area (Å²) in [5.41, 5.74) is 4.26. The van der Waals surface area contributed by atoms with E-state index in [9.17, 15) is 0 Å². The van der Waals surface area contributed by atoms with Crippen LogP contribution in [0.5, 0.6) is 0 Å². The van der Waals surface area contributed by atoms with Gasteiger partial charge in [0.25, 0.3) is 0 Å². The van der Waals surface area contributed by atoms with Crippen LogP contribution in [-0.2, 0) is 12.8 Å². The first kappa shape index (κ1) is 12.9. The summed E-state index contributed by atoms with van der Waals surface area (Å²) in [6, 6.07) is 19.7. The molecule has 0 aliphatic carbocycles. The van der Waals surface area contributed by atoms with Gasteiger partial charge >= 0.3 is 0 Å². The molecule has 94 valence electrons. The zero-order valence-electron chi connectivity index (χ0n) is 11.4. The number of rotatable bonds is 5. The molecule has 0 heterocycles. The quantitative estimate of drug-likeness (QED) is 0.701. The second kappa shape index (κ2) is 6.39. The van der Waals surface area contributed by atoms with E-state index < -0.39 is 0 Å². The molecule has 18 heavy (non-hydrogen) atoms. The van der Waals surface area contributed by atoms with Crippen LogP contribution in [-0.4, -0.2) is 0 Å². The van der Waals surface area contributed by atoms with Crippen molar-refractivity contribution in [3.8, 4) is 0 Å². The highest BCUT2D eigenvalue weighted by molar-refractivity contribution is 5.21. The van der Waals surface area contributed by atoms with Crippen molar-refractivity contribution in [1.82, 2.24) is 0 Å². The summed E-state index contributed by atoms with van der Waals surface area (Å²) >= 11 is 0. The lowest BCUT2D eigenvalue weighted by atomic mass is 9.94. The van der Waals surface area contributed by atoms with E-state index in [1.807, 2.05) is 0 Å². The summed E-state index contributed by atoms with van der Waals surface area (Å²) in [4.78, 5) is 0. The summed E-state index contributed by atoms with van der Waals surface area (Å²) in [5.74, 6) is 0.744. The van der Waals surface area contributed by atoms with Crippen LogP contribution in [0.4, 0.5) is 0 Å². The largest absolute Gasteiger partial charge is 0.0622 e. The Balaban J connectivity index is 1.81. The Morgan fingerprint density at radius 1 is 0.833 bits per heavy atom. The predicted octanol–water partition coefficient (Wildman–Crippen LogP) is 4.81. The molecule has 0 heteroatoms. The lowest BCUT2D eigenvalue weighted by Gasteiger charge is -2.11. The Bertz CT molecular complexity index is 453. The predicted molar refractivity (Wildman–Crippen MR) is 78.8 cm³/mol. The van der Waals surface area contributed by atoms with Gasteiger partial charge in [-0.3, -0.25) is 0 Å². The maximum Gasteiger partial charge on any atom is -0.0253 e. The summed E-state index contributed by atoms with van der Waals surface area (Å²) in [6.07, 6.45) is 3.64. The Labute approximate surface area is 111 Å². The molecule has 2 aromatic carbocycles. The highest BCUT2D eigenvalue weighted by atomic mass is 14.1. The van der Waals surface area contributed by atoms with Crippen LogP contribution >= 0.6 is 0 Å². The molecular weight excluding hydrogens is 216 g/mol. The minimum atomic E-state index is 0.744. The van der Waals surface area contributed by atoms with E-state index in [1.54, 1.807) is 0 Å². The number of hydrogen-bond acceptors (Lipinski definition) is 0. The zero-order valence-corrected chi connectivity index (χ0v) is 11.4. The fourth-order valence-corrected chi connectivity index (χ4v) is 2.29. The van der Waals surface area contributed by atoms with Crippen molar-refractivity contribution < 1.29 is 0 Å². The van der Waals surface area contributed by atoms with Crippen molar-refractivity contribution in [3.63, 3.8) is 0 Å². The number of benzene rings is 2. The van der Waals surface area contributed by atoms with Crippen LogP contribution < -0.4 is 0 Å². The van der Waals surface area contributed by atoms with Gasteiger partial charge in [0, 0.05) is 0 Å². The molecule has 0 amide bonds. The molecule has 1 atom stereocenters. The van der Waals surface area contributed by atoms with Gasteiger partial charge in [-0.05, 0) is 43.2 Å². The monoisotopic (exact) mass is 238 g/mol. The second-order valence-electron chi connectivity index (χ2n) is 5.32. The molecule has 0 saturated carbocycles. The lowest BCUT2D eigenvalue weighted by Crippen LogP contribution is -2.01. The van der Waals surface area contributed by atoms with E-state index in [4.69, 9.17) is 0 Å². The van der Waals surface area contributed by atoms with Crippen LogP contribution in [0.1, 0.15) is 30.0 Å². The molecule has 0 radical (unpaired) electrons. The third kappa shape index (κ3) is 4.03. The van der Waals surface area contributed by atoms with Gasteiger partial charge in [-0.25, -0.2) is 0 Å². The average Bonchev–Trinajstić information content (AvgIpc) is 2.39. The highest BCUT2D eigenvalue weighted by Gasteiger charge is 2.04. The normalized spacial score (nSPS) is 12.3. The Kier molecular flexibility index (Phi) is 4.58. The summed E-state index contributed by atoms with van der Waals surface area (Å²) in [6.45, 7) is 4.49. The summed E-state index contributed by atoms with van der Waals surface area (Å²) in [7, 11) is 0. The van der Waals surface area contributed by atoms with E-state index in [2.05, 4.69) is 68.4 Å². The SMILES string of the molecule is Cc1ccc(CCC(C)Cc2ccccc2)cc1. The van der Waals surface area contributed by atoms with Gasteiger partial charge in [0.1, 0.15) is 0 Å². The molecular formula is C18H22. The van der Waals surface area contributed by atoms with Crippen molar-refractivity contribution in [1.29, 1.82) is 0 Å². The van der Waals surface area contributed by atoms with Gasteiger partial charge in [0.2, 0.25) is 0 Å². The van der Waals surface area contributed by atoms with Gasteiger partial charge in [-0.2, -0.15) is 0 Å². The molecule has 1 unspecified atom stereocenters. The third-order valence-corrected chi connectivity index (χ3v) is 3.47. The molecule has 0 aliphatic heterocycles. The lowest BCUT2D eigenvalue weighted by molar-refractivity contribution is 0.530. The molecule has 0 N–H and O–H groups in total. The topological polar surface area (TPSA) is 0 Å². The van der Waals surface area contributed by atoms with Crippen LogP contribution in [0.2, 0.25) is 0 Å². The molecule has 2 aromatic rings. The maximum absolute atomic E-state index is 2.35. The average molecular weight is 238 g/mol. The first-order chi connectivity index (χ1) is 8.74. The van der Waals surface area contributed by atoms with Crippen LogP contribution in [0, 0.1) is 12.8 Å². The fraction of sp³-hybridized carbons (Fsp3) is 0.333. The van der Waals surface area contributed by atoms with Crippen molar-refractivity contribution in [3.05, 3.63) is 71.3 Å². The maximum atomic E-state index is 2.35. The van der Waals surface area contributed by atoms with Gasteiger partial charge in [0.15, 0.2) is 0 Å². The molecule has 0 aliphatic rings. The first-order valence-electron chi connectivity index (χ1n) is 6.83. The molecule has 0 bridgehead atoms. The zero-order chi connectivity index (χ0) is 12.8. The van der Waals surface area contributed by atoms with E-state index in [0.29, 0.717) is 0 Å². The summed E-state index contributed by atoms with van der Waals surface area (Å²) < 4.78 is 0.